The molecule has 1 aromatic carbocycles. The summed E-state index contributed by atoms with van der Waals surface area (Å²) in [6, 6.07) is 9.62. The molecule has 0 spiro atoms. The Labute approximate surface area is 196 Å². The number of aromatic nitrogens is 2. The van der Waals surface area contributed by atoms with E-state index >= 15 is 0 Å². The lowest BCUT2D eigenvalue weighted by atomic mass is 10.2. The summed E-state index contributed by atoms with van der Waals surface area (Å²) in [6.07, 6.45) is -0.185. The zero-order chi connectivity index (χ0) is 25.1. The number of hydrogen-bond donors (Lipinski definition) is 4. The second-order valence-electron chi connectivity index (χ2n) is 8.24. The van der Waals surface area contributed by atoms with Crippen molar-refractivity contribution in [2.75, 3.05) is 18.5 Å². The molecule has 3 amide bonds. The monoisotopic (exact) mass is 475 g/mol. The van der Waals surface area contributed by atoms with E-state index in [0.717, 1.165) is 10.1 Å². The summed E-state index contributed by atoms with van der Waals surface area (Å²) in [4.78, 5) is 51.7. The standard InChI is InChI=1S/C22H29N5O7/c1-22(2,3)34-20(31)23-11-16(13-28)24-18(29)12-27-10-9-17(25-19(27)30)26-21(32)33-14-15-7-5-4-6-8-15/h4-10,16,28H,11-14H2,1-3H3,(H,23,31)(H,24,29)(H,25,26,30,32)/t16-/m1/s1. The van der Waals surface area contributed by atoms with Gasteiger partial charge >= 0.3 is 17.9 Å². The van der Waals surface area contributed by atoms with Gasteiger partial charge in [-0.1, -0.05) is 30.3 Å². The van der Waals surface area contributed by atoms with Crippen LogP contribution in [-0.4, -0.2) is 57.5 Å². The summed E-state index contributed by atoms with van der Waals surface area (Å²) in [5.74, 6) is -0.619. The van der Waals surface area contributed by atoms with Gasteiger partial charge in [0.2, 0.25) is 5.91 Å². The third-order valence-electron chi connectivity index (χ3n) is 4.11. The molecule has 34 heavy (non-hydrogen) atoms. The van der Waals surface area contributed by atoms with Gasteiger partial charge in [0.15, 0.2) is 0 Å². The molecule has 0 aliphatic heterocycles. The van der Waals surface area contributed by atoms with Gasteiger partial charge in [-0.05, 0) is 32.4 Å². The van der Waals surface area contributed by atoms with E-state index in [2.05, 4.69) is 20.9 Å². The van der Waals surface area contributed by atoms with Crippen LogP contribution in [-0.2, 0) is 27.4 Å². The number of hydrogen-bond acceptors (Lipinski definition) is 8. The van der Waals surface area contributed by atoms with Crippen LogP contribution < -0.4 is 21.6 Å². The molecule has 1 aromatic heterocycles. The number of alkyl carbamates (subject to hydrolysis) is 1. The maximum atomic E-state index is 12.2. The highest BCUT2D eigenvalue weighted by Crippen LogP contribution is 2.06. The van der Waals surface area contributed by atoms with Gasteiger partial charge in [-0.2, -0.15) is 4.98 Å². The molecule has 0 radical (unpaired) electrons. The molecule has 0 aliphatic carbocycles. The van der Waals surface area contributed by atoms with E-state index in [4.69, 9.17) is 9.47 Å². The molecule has 12 nitrogen and oxygen atoms in total. The molecule has 0 bridgehead atoms. The average Bonchev–Trinajstić information content (AvgIpc) is 2.76. The zero-order valence-corrected chi connectivity index (χ0v) is 19.2. The van der Waals surface area contributed by atoms with Crippen LogP contribution in [0.1, 0.15) is 26.3 Å². The molecule has 2 aromatic rings. The Balaban J connectivity index is 1.83. The van der Waals surface area contributed by atoms with E-state index in [1.54, 1.807) is 32.9 Å². The Morgan fingerprint density at radius 1 is 1.12 bits per heavy atom. The fourth-order valence-electron chi connectivity index (χ4n) is 2.59. The predicted octanol–water partition coefficient (Wildman–Crippen LogP) is 0.994. The highest BCUT2D eigenvalue weighted by atomic mass is 16.6. The molecule has 1 heterocycles. The van der Waals surface area contributed by atoms with E-state index in [1.807, 2.05) is 18.2 Å². The lowest BCUT2D eigenvalue weighted by Gasteiger charge is -2.22. The number of carbonyl (C=O) groups excluding carboxylic acids is 3. The van der Waals surface area contributed by atoms with Gasteiger partial charge in [-0.15, -0.1) is 0 Å². The van der Waals surface area contributed by atoms with Crippen LogP contribution in [0.5, 0.6) is 0 Å². The van der Waals surface area contributed by atoms with Crippen molar-refractivity contribution >= 4 is 23.9 Å². The Morgan fingerprint density at radius 2 is 1.82 bits per heavy atom. The molecule has 1 atom stereocenters. The Morgan fingerprint density at radius 3 is 2.44 bits per heavy atom. The van der Waals surface area contributed by atoms with Crippen LogP contribution in [0, 0.1) is 0 Å². The largest absolute Gasteiger partial charge is 0.444 e. The number of carbonyl (C=O) groups is 3. The van der Waals surface area contributed by atoms with Crippen LogP contribution in [0.2, 0.25) is 0 Å². The van der Waals surface area contributed by atoms with Crippen LogP contribution in [0.3, 0.4) is 0 Å². The molecule has 0 fully saturated rings. The van der Waals surface area contributed by atoms with Crippen molar-refractivity contribution in [3.8, 4) is 0 Å². The molecule has 0 saturated carbocycles. The molecule has 4 N–H and O–H groups in total. The van der Waals surface area contributed by atoms with Crippen molar-refractivity contribution in [2.45, 2.75) is 45.6 Å². The number of ether oxygens (including phenoxy) is 2. The molecule has 0 saturated heterocycles. The zero-order valence-electron chi connectivity index (χ0n) is 19.2. The lowest BCUT2D eigenvalue weighted by Crippen LogP contribution is -2.48. The Bertz CT molecular complexity index is 1030. The highest BCUT2D eigenvalue weighted by Gasteiger charge is 2.18. The smallest absolute Gasteiger partial charge is 0.413 e. The molecular formula is C22H29N5O7. The summed E-state index contributed by atoms with van der Waals surface area (Å²) >= 11 is 0. The van der Waals surface area contributed by atoms with E-state index in [9.17, 15) is 24.3 Å². The van der Waals surface area contributed by atoms with Gasteiger partial charge in [0, 0.05) is 12.7 Å². The van der Waals surface area contributed by atoms with Crippen molar-refractivity contribution in [3.63, 3.8) is 0 Å². The number of rotatable bonds is 9. The first-order chi connectivity index (χ1) is 16.1. The van der Waals surface area contributed by atoms with Crippen LogP contribution >= 0.6 is 0 Å². The molecule has 2 rings (SSSR count). The normalized spacial score (nSPS) is 11.8. The van der Waals surface area contributed by atoms with Gasteiger partial charge in [0.25, 0.3) is 0 Å². The second-order valence-corrected chi connectivity index (χ2v) is 8.24. The minimum atomic E-state index is -0.788. The number of nitrogens with one attached hydrogen (secondary N) is 3. The van der Waals surface area contributed by atoms with Gasteiger partial charge in [-0.25, -0.2) is 14.4 Å². The van der Waals surface area contributed by atoms with E-state index in [-0.39, 0.29) is 25.5 Å². The van der Waals surface area contributed by atoms with Crippen LogP contribution in [0.25, 0.3) is 0 Å². The summed E-state index contributed by atoms with van der Waals surface area (Å²) in [5, 5.41) is 16.7. The number of amides is 3. The SMILES string of the molecule is CC(C)(C)OC(=O)NC[C@H](CO)NC(=O)Cn1ccc(NC(=O)OCc2ccccc2)nc1=O. The molecule has 12 heteroatoms. The number of anilines is 1. The average molecular weight is 476 g/mol. The van der Waals surface area contributed by atoms with Crippen molar-refractivity contribution < 1.29 is 29.0 Å². The van der Waals surface area contributed by atoms with Crippen molar-refractivity contribution in [1.29, 1.82) is 0 Å². The number of aliphatic hydroxyl groups excluding tert-OH is 1. The minimum Gasteiger partial charge on any atom is -0.444 e. The van der Waals surface area contributed by atoms with E-state index in [0.29, 0.717) is 0 Å². The number of benzene rings is 1. The fourth-order valence-corrected chi connectivity index (χ4v) is 2.59. The van der Waals surface area contributed by atoms with Gasteiger partial charge in [0.1, 0.15) is 24.6 Å². The van der Waals surface area contributed by atoms with Gasteiger partial charge in [-0.3, -0.25) is 14.7 Å². The van der Waals surface area contributed by atoms with E-state index < -0.39 is 42.0 Å². The van der Waals surface area contributed by atoms with Gasteiger partial charge in [0.05, 0.1) is 12.6 Å². The second kappa shape index (κ2) is 12.3. The summed E-state index contributed by atoms with van der Waals surface area (Å²) in [6.45, 7) is 4.28. The number of nitrogens with zero attached hydrogens (tertiary/aromatic N) is 2. The maximum absolute atomic E-state index is 12.2. The summed E-state index contributed by atoms with van der Waals surface area (Å²) < 4.78 is 11.2. The highest BCUT2D eigenvalue weighted by molar-refractivity contribution is 5.83. The molecular weight excluding hydrogens is 446 g/mol. The summed E-state index contributed by atoms with van der Waals surface area (Å²) in [7, 11) is 0. The first-order valence-electron chi connectivity index (χ1n) is 10.5. The maximum Gasteiger partial charge on any atom is 0.413 e. The first kappa shape index (κ1) is 26.3. The van der Waals surface area contributed by atoms with Crippen molar-refractivity contribution in [3.05, 3.63) is 58.6 Å². The predicted molar refractivity (Wildman–Crippen MR) is 122 cm³/mol. The van der Waals surface area contributed by atoms with Crippen LogP contribution in [0.15, 0.2) is 47.4 Å². The lowest BCUT2D eigenvalue weighted by molar-refractivity contribution is -0.122. The summed E-state index contributed by atoms with van der Waals surface area (Å²) in [5.41, 5.74) is -0.659. The quantitative estimate of drug-likeness (QED) is 0.418. The topological polar surface area (TPSA) is 161 Å². The Hall–Kier alpha value is -3.93. The van der Waals surface area contributed by atoms with Crippen molar-refractivity contribution in [2.24, 2.45) is 0 Å². The molecule has 0 aliphatic rings. The third-order valence-corrected chi connectivity index (χ3v) is 4.11. The van der Waals surface area contributed by atoms with Crippen LogP contribution in [0.4, 0.5) is 15.4 Å². The number of aliphatic hydroxyl groups is 1. The Kier molecular flexibility index (Phi) is 9.56. The fraction of sp³-hybridized carbons (Fsp3) is 0.409. The van der Waals surface area contributed by atoms with E-state index in [1.165, 1.54) is 12.3 Å². The molecule has 184 valence electrons. The minimum absolute atomic E-state index is 0.0329. The first-order valence-corrected chi connectivity index (χ1v) is 10.5. The van der Waals surface area contributed by atoms with Gasteiger partial charge < -0.3 is 25.2 Å². The third kappa shape index (κ3) is 9.69. The molecule has 0 unspecified atom stereocenters. The van der Waals surface area contributed by atoms with Crippen molar-refractivity contribution in [1.82, 2.24) is 20.2 Å².